The van der Waals surface area contributed by atoms with Gasteiger partial charge < -0.3 is 11.1 Å². The van der Waals surface area contributed by atoms with E-state index >= 15 is 0 Å². The van der Waals surface area contributed by atoms with Gasteiger partial charge >= 0.3 is 0 Å². The predicted molar refractivity (Wildman–Crippen MR) is 41.1 cm³/mol. The molecule has 0 amide bonds. The quantitative estimate of drug-likeness (QED) is 0.555. The van der Waals surface area contributed by atoms with E-state index in [-0.39, 0.29) is 6.17 Å². The van der Waals surface area contributed by atoms with Crippen molar-refractivity contribution in [3.63, 3.8) is 0 Å². The minimum atomic E-state index is 0.142. The molecule has 0 aromatic rings. The lowest BCUT2D eigenvalue weighted by atomic mass is 10.1. The fraction of sp³-hybridized carbons (Fsp3) is 1.00. The summed E-state index contributed by atoms with van der Waals surface area (Å²) in [5, 5.41) is 3.15. The van der Waals surface area contributed by atoms with E-state index in [1.165, 1.54) is 6.42 Å². The summed E-state index contributed by atoms with van der Waals surface area (Å²) in [5.41, 5.74) is 5.47. The van der Waals surface area contributed by atoms with Gasteiger partial charge in [0.05, 0.1) is 6.17 Å². The van der Waals surface area contributed by atoms with Gasteiger partial charge in [0, 0.05) is 0 Å². The van der Waals surface area contributed by atoms with Gasteiger partial charge in [-0.1, -0.05) is 13.8 Å². The van der Waals surface area contributed by atoms with E-state index in [1.807, 2.05) is 6.92 Å². The third-order valence-electron chi connectivity index (χ3n) is 1.19. The third kappa shape index (κ3) is 7.92. The highest BCUT2D eigenvalue weighted by molar-refractivity contribution is 4.52. The molecule has 0 saturated carbocycles. The Balaban J connectivity index is 2.91. The maximum atomic E-state index is 5.47. The van der Waals surface area contributed by atoms with Gasteiger partial charge in [0.15, 0.2) is 0 Å². The summed E-state index contributed by atoms with van der Waals surface area (Å²) in [6.07, 6.45) is 1.35. The Bertz CT molecular complexity index is 51.9. The molecule has 0 fully saturated rings. The summed E-state index contributed by atoms with van der Waals surface area (Å²) < 4.78 is 0. The molecule has 3 N–H and O–H groups in total. The molecule has 0 rings (SSSR count). The van der Waals surface area contributed by atoms with E-state index in [0.29, 0.717) is 0 Å². The summed E-state index contributed by atoms with van der Waals surface area (Å²) in [6, 6.07) is 0. The van der Waals surface area contributed by atoms with Crippen LogP contribution < -0.4 is 11.1 Å². The molecular formula is C7H18N2. The Morgan fingerprint density at radius 3 is 2.22 bits per heavy atom. The largest absolute Gasteiger partial charge is 0.316 e. The van der Waals surface area contributed by atoms with Crippen molar-refractivity contribution in [3.05, 3.63) is 0 Å². The number of nitrogens with two attached hydrogens (primary N) is 1. The highest BCUT2D eigenvalue weighted by Gasteiger charge is 1.94. The predicted octanol–water partition coefficient (Wildman–Crippen LogP) is 0.927. The Hall–Kier alpha value is -0.0800. The molecular weight excluding hydrogens is 112 g/mol. The van der Waals surface area contributed by atoms with E-state index in [9.17, 15) is 0 Å². The van der Waals surface area contributed by atoms with Crippen molar-refractivity contribution in [2.75, 3.05) is 6.54 Å². The average molecular weight is 130 g/mol. The lowest BCUT2D eigenvalue weighted by molar-refractivity contribution is 0.495. The van der Waals surface area contributed by atoms with Crippen molar-refractivity contribution >= 4 is 0 Å². The molecule has 0 bridgehead atoms. The average Bonchev–Trinajstić information content (AvgIpc) is 1.63. The van der Waals surface area contributed by atoms with Crippen LogP contribution in [0.25, 0.3) is 0 Å². The lowest BCUT2D eigenvalue weighted by Gasteiger charge is -2.08. The van der Waals surface area contributed by atoms with Crippen LogP contribution in [0.1, 0.15) is 27.2 Å². The number of nitrogens with one attached hydrogen (secondary N) is 1. The first kappa shape index (κ1) is 8.92. The summed E-state index contributed by atoms with van der Waals surface area (Å²) in [5.74, 6) is 0.774. The lowest BCUT2D eigenvalue weighted by Crippen LogP contribution is -2.35. The molecule has 0 aliphatic heterocycles. The van der Waals surface area contributed by atoms with Crippen molar-refractivity contribution in [1.29, 1.82) is 0 Å². The standard InChI is InChI=1S/C7H18N2/c1-6(2)4-5-9-7(3)8/h6-7,9H,4-5,8H2,1-3H3. The van der Waals surface area contributed by atoms with Gasteiger partial charge in [0.1, 0.15) is 0 Å². The zero-order chi connectivity index (χ0) is 7.28. The van der Waals surface area contributed by atoms with E-state index in [1.54, 1.807) is 0 Å². The van der Waals surface area contributed by atoms with Crippen LogP contribution in [0.15, 0.2) is 0 Å². The second-order valence-electron chi connectivity index (χ2n) is 2.93. The molecule has 2 heteroatoms. The minimum absolute atomic E-state index is 0.142. The first-order valence-corrected chi connectivity index (χ1v) is 3.62. The molecule has 1 atom stereocenters. The van der Waals surface area contributed by atoms with Gasteiger partial charge in [-0.05, 0) is 25.8 Å². The fourth-order valence-corrected chi connectivity index (χ4v) is 0.600. The van der Waals surface area contributed by atoms with Crippen molar-refractivity contribution in [2.24, 2.45) is 11.7 Å². The maximum Gasteiger partial charge on any atom is 0.0517 e. The van der Waals surface area contributed by atoms with E-state index in [2.05, 4.69) is 19.2 Å². The van der Waals surface area contributed by atoms with Crippen LogP contribution in [0.3, 0.4) is 0 Å². The van der Waals surface area contributed by atoms with Crippen LogP contribution in [-0.4, -0.2) is 12.7 Å². The smallest absolute Gasteiger partial charge is 0.0517 e. The number of hydrogen-bond donors (Lipinski definition) is 2. The number of hydrogen-bond acceptors (Lipinski definition) is 2. The Labute approximate surface area is 57.8 Å². The SMILES string of the molecule is CC(C)CCNC(C)N. The van der Waals surface area contributed by atoms with Gasteiger partial charge in [0.2, 0.25) is 0 Å². The van der Waals surface area contributed by atoms with Crippen molar-refractivity contribution in [1.82, 2.24) is 5.32 Å². The Morgan fingerprint density at radius 1 is 1.33 bits per heavy atom. The second-order valence-corrected chi connectivity index (χ2v) is 2.93. The third-order valence-corrected chi connectivity index (χ3v) is 1.19. The van der Waals surface area contributed by atoms with Crippen molar-refractivity contribution in [2.45, 2.75) is 33.4 Å². The Morgan fingerprint density at radius 2 is 1.89 bits per heavy atom. The summed E-state index contributed by atoms with van der Waals surface area (Å²) in [4.78, 5) is 0. The highest BCUT2D eigenvalue weighted by Crippen LogP contribution is 1.95. The first-order chi connectivity index (χ1) is 4.13. The molecule has 0 radical (unpaired) electrons. The minimum Gasteiger partial charge on any atom is -0.316 e. The van der Waals surface area contributed by atoms with Crippen LogP contribution in [0.5, 0.6) is 0 Å². The van der Waals surface area contributed by atoms with Crippen molar-refractivity contribution in [3.8, 4) is 0 Å². The molecule has 2 nitrogen and oxygen atoms in total. The molecule has 9 heavy (non-hydrogen) atoms. The molecule has 56 valence electrons. The summed E-state index contributed by atoms with van der Waals surface area (Å²) >= 11 is 0. The van der Waals surface area contributed by atoms with Gasteiger partial charge in [-0.25, -0.2) is 0 Å². The van der Waals surface area contributed by atoms with Crippen LogP contribution in [0.4, 0.5) is 0 Å². The van der Waals surface area contributed by atoms with Gasteiger partial charge in [-0.15, -0.1) is 0 Å². The molecule has 1 unspecified atom stereocenters. The number of rotatable bonds is 4. The second kappa shape index (κ2) is 4.77. The van der Waals surface area contributed by atoms with E-state index in [4.69, 9.17) is 5.73 Å². The molecule has 0 spiro atoms. The van der Waals surface area contributed by atoms with Crippen molar-refractivity contribution < 1.29 is 0 Å². The first-order valence-electron chi connectivity index (χ1n) is 3.62. The molecule has 0 aromatic heterocycles. The van der Waals surface area contributed by atoms with Crippen LogP contribution in [0.2, 0.25) is 0 Å². The summed E-state index contributed by atoms with van der Waals surface area (Å²) in [6.45, 7) is 7.42. The molecule has 0 aliphatic carbocycles. The van der Waals surface area contributed by atoms with E-state index in [0.717, 1.165) is 12.5 Å². The molecule has 0 saturated heterocycles. The van der Waals surface area contributed by atoms with Gasteiger partial charge in [-0.2, -0.15) is 0 Å². The topological polar surface area (TPSA) is 38.0 Å². The Kier molecular flexibility index (Phi) is 4.72. The van der Waals surface area contributed by atoms with Crippen LogP contribution in [0, 0.1) is 5.92 Å². The highest BCUT2D eigenvalue weighted by atomic mass is 15.0. The van der Waals surface area contributed by atoms with Crippen LogP contribution >= 0.6 is 0 Å². The molecule has 0 heterocycles. The van der Waals surface area contributed by atoms with Gasteiger partial charge in [-0.3, -0.25) is 0 Å². The molecule has 0 aromatic carbocycles. The monoisotopic (exact) mass is 130 g/mol. The summed E-state index contributed by atoms with van der Waals surface area (Å²) in [7, 11) is 0. The maximum absolute atomic E-state index is 5.47. The van der Waals surface area contributed by atoms with Gasteiger partial charge in [0.25, 0.3) is 0 Å². The van der Waals surface area contributed by atoms with E-state index < -0.39 is 0 Å². The zero-order valence-corrected chi connectivity index (χ0v) is 6.65. The zero-order valence-electron chi connectivity index (χ0n) is 6.65. The van der Waals surface area contributed by atoms with Crippen LogP contribution in [-0.2, 0) is 0 Å². The normalized spacial score (nSPS) is 14.3. The molecule has 0 aliphatic rings. The fourth-order valence-electron chi connectivity index (χ4n) is 0.600.